The van der Waals surface area contributed by atoms with Gasteiger partial charge in [0, 0.05) is 22.6 Å². The van der Waals surface area contributed by atoms with Gasteiger partial charge in [0.25, 0.3) is 11.8 Å². The molecule has 282 valence electrons. The molecule has 0 aliphatic heterocycles. The quantitative estimate of drug-likeness (QED) is 0.133. The molecule has 12 nitrogen and oxygen atoms in total. The van der Waals surface area contributed by atoms with E-state index in [9.17, 15) is 24.0 Å². The van der Waals surface area contributed by atoms with Crippen LogP contribution in [0, 0.1) is 0 Å². The second-order valence-corrected chi connectivity index (χ2v) is 14.3. The summed E-state index contributed by atoms with van der Waals surface area (Å²) in [6, 6.07) is 35.1. The van der Waals surface area contributed by atoms with Gasteiger partial charge >= 0.3 is 18.2 Å². The van der Waals surface area contributed by atoms with Crippen LogP contribution in [-0.4, -0.2) is 41.2 Å². The van der Waals surface area contributed by atoms with Gasteiger partial charge in [-0.15, -0.1) is 5.06 Å². The molecule has 0 radical (unpaired) electrons. The lowest BCUT2D eigenvalue weighted by Crippen LogP contribution is -2.38. The van der Waals surface area contributed by atoms with Crippen LogP contribution in [0.25, 0.3) is 11.1 Å². The lowest BCUT2D eigenvalue weighted by molar-refractivity contribution is 0.0197. The predicted molar refractivity (Wildman–Crippen MR) is 211 cm³/mol. The van der Waals surface area contributed by atoms with E-state index < -0.39 is 35.3 Å². The van der Waals surface area contributed by atoms with Crippen molar-refractivity contribution < 1.29 is 38.3 Å². The molecule has 0 atom stereocenters. The van der Waals surface area contributed by atoms with Crippen molar-refractivity contribution in [2.24, 2.45) is 0 Å². The van der Waals surface area contributed by atoms with Gasteiger partial charge in [0.1, 0.15) is 11.2 Å². The Labute approximate surface area is 319 Å². The van der Waals surface area contributed by atoms with Crippen molar-refractivity contribution >= 4 is 52.7 Å². The third-order valence-corrected chi connectivity index (χ3v) is 7.53. The van der Waals surface area contributed by atoms with E-state index in [1.54, 1.807) is 102 Å². The van der Waals surface area contributed by atoms with Crippen LogP contribution in [0.3, 0.4) is 0 Å². The van der Waals surface area contributed by atoms with E-state index in [0.717, 1.165) is 11.1 Å². The maximum atomic E-state index is 13.7. The van der Waals surface area contributed by atoms with E-state index in [1.165, 1.54) is 24.3 Å². The Morgan fingerprint density at radius 2 is 0.945 bits per heavy atom. The summed E-state index contributed by atoms with van der Waals surface area (Å²) >= 11 is 0. The molecular weight excluding hydrogens is 700 g/mol. The van der Waals surface area contributed by atoms with Crippen molar-refractivity contribution in [3.8, 4) is 11.1 Å². The molecule has 4 amide bonds. The fourth-order valence-electron chi connectivity index (χ4n) is 5.18. The van der Waals surface area contributed by atoms with Gasteiger partial charge in [-0.1, -0.05) is 60.7 Å². The van der Waals surface area contributed by atoms with Crippen molar-refractivity contribution in [2.45, 2.75) is 52.7 Å². The van der Waals surface area contributed by atoms with E-state index in [1.807, 2.05) is 42.5 Å². The number of hydroxylamine groups is 1. The molecule has 0 heterocycles. The second-order valence-electron chi connectivity index (χ2n) is 14.3. The first-order chi connectivity index (χ1) is 26.1. The molecule has 0 saturated carbocycles. The van der Waals surface area contributed by atoms with Gasteiger partial charge in [0.2, 0.25) is 0 Å². The summed E-state index contributed by atoms with van der Waals surface area (Å²) in [5.41, 5.74) is 1.72. The van der Waals surface area contributed by atoms with E-state index in [-0.39, 0.29) is 22.7 Å². The molecule has 0 spiro atoms. The standard InChI is InChI=1S/C43H42N4O8/c1-42(2,3)53-40(51)46-31-22-20-29(21-23-31)44-38(49)35-18-12-13-19-36(35)39(50)55-47(41(52)54-43(4,5)6)32-26-24-30(25-27-32)45-37(48)34-17-11-10-16-33(34)28-14-8-7-9-15-28/h7-27H,1-6H3,(H,44,49)(H,45,48)(H,46,51). The van der Waals surface area contributed by atoms with Gasteiger partial charge in [0.05, 0.1) is 16.8 Å². The molecule has 5 aromatic carbocycles. The van der Waals surface area contributed by atoms with Crippen molar-refractivity contribution in [3.05, 3.63) is 144 Å². The average molecular weight is 743 g/mol. The Bertz CT molecular complexity index is 2170. The first kappa shape index (κ1) is 39.3. The first-order valence-corrected chi connectivity index (χ1v) is 17.4. The number of benzene rings is 5. The number of hydrogen-bond acceptors (Lipinski definition) is 8. The summed E-state index contributed by atoms with van der Waals surface area (Å²) in [4.78, 5) is 71.6. The molecule has 0 saturated heterocycles. The van der Waals surface area contributed by atoms with Gasteiger partial charge in [-0.3, -0.25) is 14.9 Å². The second kappa shape index (κ2) is 16.8. The highest BCUT2D eigenvalue weighted by Gasteiger charge is 2.29. The Morgan fingerprint density at radius 3 is 1.51 bits per heavy atom. The van der Waals surface area contributed by atoms with E-state index >= 15 is 0 Å². The van der Waals surface area contributed by atoms with Gasteiger partial charge in [-0.05, 0) is 119 Å². The summed E-state index contributed by atoms with van der Waals surface area (Å²) in [6.07, 6.45) is -1.61. The van der Waals surface area contributed by atoms with E-state index in [0.29, 0.717) is 27.7 Å². The van der Waals surface area contributed by atoms with Gasteiger partial charge in [-0.25, -0.2) is 14.4 Å². The van der Waals surface area contributed by atoms with Crippen LogP contribution in [0.2, 0.25) is 0 Å². The molecule has 0 bridgehead atoms. The molecular formula is C43H42N4O8. The number of anilines is 4. The molecule has 0 fully saturated rings. The molecule has 0 aromatic heterocycles. The van der Waals surface area contributed by atoms with Crippen LogP contribution >= 0.6 is 0 Å². The average Bonchev–Trinajstić information content (AvgIpc) is 3.13. The largest absolute Gasteiger partial charge is 0.448 e. The number of carbonyl (C=O) groups excluding carboxylic acids is 5. The van der Waals surface area contributed by atoms with Crippen LogP contribution in [0.15, 0.2) is 127 Å². The van der Waals surface area contributed by atoms with Crippen molar-refractivity contribution in [2.75, 3.05) is 21.0 Å². The summed E-state index contributed by atoms with van der Waals surface area (Å²) in [5, 5.41) is 8.91. The van der Waals surface area contributed by atoms with Crippen LogP contribution < -0.4 is 21.0 Å². The monoisotopic (exact) mass is 742 g/mol. The topological polar surface area (TPSA) is 152 Å². The Balaban J connectivity index is 1.32. The summed E-state index contributed by atoms with van der Waals surface area (Å²) < 4.78 is 10.8. The molecule has 55 heavy (non-hydrogen) atoms. The lowest BCUT2D eigenvalue weighted by Gasteiger charge is -2.26. The number of carbonyl (C=O) groups is 5. The van der Waals surface area contributed by atoms with Crippen LogP contribution in [0.4, 0.5) is 32.3 Å². The molecule has 0 aliphatic carbocycles. The highest BCUT2D eigenvalue weighted by atomic mass is 16.8. The number of ether oxygens (including phenoxy) is 2. The summed E-state index contributed by atoms with van der Waals surface area (Å²) in [7, 11) is 0. The van der Waals surface area contributed by atoms with Gasteiger partial charge in [0.15, 0.2) is 0 Å². The maximum Gasteiger partial charge on any atom is 0.448 e. The predicted octanol–water partition coefficient (Wildman–Crippen LogP) is 9.72. The Kier molecular flexibility index (Phi) is 12.0. The highest BCUT2D eigenvalue weighted by molar-refractivity contribution is 6.12. The number of rotatable bonds is 8. The molecule has 12 heteroatoms. The zero-order chi connectivity index (χ0) is 39.8. The number of amides is 4. The van der Waals surface area contributed by atoms with Crippen LogP contribution in [-0.2, 0) is 14.3 Å². The molecule has 5 aromatic rings. The minimum absolute atomic E-state index is 0.0264. The molecule has 3 N–H and O–H groups in total. The highest BCUT2D eigenvalue weighted by Crippen LogP contribution is 2.27. The molecule has 0 unspecified atom stereocenters. The van der Waals surface area contributed by atoms with E-state index in [4.69, 9.17) is 14.3 Å². The van der Waals surface area contributed by atoms with Crippen molar-refractivity contribution in [1.29, 1.82) is 0 Å². The third-order valence-electron chi connectivity index (χ3n) is 7.53. The van der Waals surface area contributed by atoms with Crippen LogP contribution in [0.5, 0.6) is 0 Å². The smallest absolute Gasteiger partial charge is 0.444 e. The SMILES string of the molecule is CC(C)(C)OC(=O)Nc1ccc(NC(=O)c2ccccc2C(=O)ON(C(=O)OC(C)(C)C)c2ccc(NC(=O)c3ccccc3-c3ccccc3)cc2)cc1. The lowest BCUT2D eigenvalue weighted by atomic mass is 9.99. The minimum Gasteiger partial charge on any atom is -0.444 e. The number of nitrogens with zero attached hydrogens (tertiary/aromatic N) is 1. The first-order valence-electron chi connectivity index (χ1n) is 17.4. The van der Waals surface area contributed by atoms with Gasteiger partial charge in [-0.2, -0.15) is 0 Å². The zero-order valence-electron chi connectivity index (χ0n) is 31.3. The minimum atomic E-state index is -1.01. The van der Waals surface area contributed by atoms with Crippen molar-refractivity contribution in [1.82, 2.24) is 0 Å². The summed E-state index contributed by atoms with van der Waals surface area (Å²) in [6.45, 7) is 10.2. The number of hydrogen-bond donors (Lipinski definition) is 3. The molecule has 0 aliphatic rings. The van der Waals surface area contributed by atoms with Crippen LogP contribution in [0.1, 0.15) is 72.6 Å². The fraction of sp³-hybridized carbons (Fsp3) is 0.186. The number of nitrogens with one attached hydrogen (secondary N) is 3. The normalized spacial score (nSPS) is 11.1. The third kappa shape index (κ3) is 11.0. The maximum absolute atomic E-state index is 13.7. The Morgan fingerprint density at radius 1 is 0.491 bits per heavy atom. The summed E-state index contributed by atoms with van der Waals surface area (Å²) in [5.74, 6) is -1.98. The van der Waals surface area contributed by atoms with Gasteiger partial charge < -0.3 is 24.9 Å². The van der Waals surface area contributed by atoms with E-state index in [2.05, 4.69) is 16.0 Å². The molecule has 5 rings (SSSR count). The van der Waals surface area contributed by atoms with Crippen molar-refractivity contribution in [3.63, 3.8) is 0 Å². The Hall–Kier alpha value is -6.95. The fourth-order valence-corrected chi connectivity index (χ4v) is 5.18. The zero-order valence-corrected chi connectivity index (χ0v) is 31.3.